The Balaban J connectivity index is 1.70. The maximum Gasteiger partial charge on any atom is 0.311 e. The van der Waals surface area contributed by atoms with E-state index in [1.165, 1.54) is 38.5 Å². The zero-order valence-corrected chi connectivity index (χ0v) is 11.9. The summed E-state index contributed by atoms with van der Waals surface area (Å²) in [7, 11) is 1.92. The minimum absolute atomic E-state index is 0.0692. The number of carboxylic acids is 1. The monoisotopic (exact) mass is 275 g/mol. The summed E-state index contributed by atoms with van der Waals surface area (Å²) in [6.45, 7) is 0. The molecule has 0 aromatic carbocycles. The largest absolute Gasteiger partial charge is 0.481 e. The SMILES string of the molecule is Cn1nc(CC(=O)O)nc1C12CC3CC(CC(C3)C1)C2. The van der Waals surface area contributed by atoms with Crippen molar-refractivity contribution in [2.75, 3.05) is 0 Å². The summed E-state index contributed by atoms with van der Waals surface area (Å²) < 4.78 is 1.85. The normalized spacial score (nSPS) is 38.4. The lowest BCUT2D eigenvalue weighted by Gasteiger charge is -2.56. The molecule has 4 fully saturated rings. The van der Waals surface area contributed by atoms with Gasteiger partial charge in [0.2, 0.25) is 0 Å². The summed E-state index contributed by atoms with van der Waals surface area (Å²) in [6.07, 6.45) is 7.84. The van der Waals surface area contributed by atoms with Crippen LogP contribution in [0.5, 0.6) is 0 Å². The molecule has 20 heavy (non-hydrogen) atoms. The lowest BCUT2D eigenvalue weighted by molar-refractivity contribution is -0.136. The third-order valence-electron chi connectivity index (χ3n) is 5.63. The Morgan fingerprint density at radius 1 is 1.25 bits per heavy atom. The maximum absolute atomic E-state index is 10.8. The Bertz CT molecular complexity index is 528. The molecular formula is C15H21N3O2. The van der Waals surface area contributed by atoms with Gasteiger partial charge in [-0.2, -0.15) is 5.10 Å². The molecule has 1 N–H and O–H groups in total. The molecule has 0 amide bonds. The molecule has 4 saturated carbocycles. The van der Waals surface area contributed by atoms with E-state index in [0.717, 1.165) is 23.6 Å². The zero-order valence-electron chi connectivity index (χ0n) is 11.9. The van der Waals surface area contributed by atoms with Gasteiger partial charge < -0.3 is 5.11 Å². The number of carboxylic acid groups (broad SMARTS) is 1. The van der Waals surface area contributed by atoms with Crippen LogP contribution in [0.15, 0.2) is 0 Å². The smallest absolute Gasteiger partial charge is 0.311 e. The molecule has 5 nitrogen and oxygen atoms in total. The van der Waals surface area contributed by atoms with Crippen LogP contribution >= 0.6 is 0 Å². The first kappa shape index (κ1) is 12.4. The van der Waals surface area contributed by atoms with Crippen LogP contribution in [0, 0.1) is 17.8 Å². The number of carbonyl (C=O) groups is 1. The van der Waals surface area contributed by atoms with Crippen LogP contribution in [0.2, 0.25) is 0 Å². The Morgan fingerprint density at radius 2 is 1.80 bits per heavy atom. The van der Waals surface area contributed by atoms with E-state index in [2.05, 4.69) is 10.1 Å². The number of aryl methyl sites for hydroxylation is 1. The molecule has 0 saturated heterocycles. The van der Waals surface area contributed by atoms with Gasteiger partial charge in [-0.1, -0.05) is 0 Å². The molecule has 0 atom stereocenters. The molecule has 5 rings (SSSR count). The number of nitrogens with zero attached hydrogens (tertiary/aromatic N) is 3. The highest BCUT2D eigenvalue weighted by atomic mass is 16.4. The number of hydrogen-bond acceptors (Lipinski definition) is 3. The minimum Gasteiger partial charge on any atom is -0.481 e. The topological polar surface area (TPSA) is 68.0 Å². The van der Waals surface area contributed by atoms with Crippen LogP contribution in [-0.4, -0.2) is 25.8 Å². The molecule has 4 bridgehead atoms. The van der Waals surface area contributed by atoms with Crippen molar-refractivity contribution in [1.29, 1.82) is 0 Å². The first-order valence-electron chi connectivity index (χ1n) is 7.66. The van der Waals surface area contributed by atoms with E-state index in [1.807, 2.05) is 11.7 Å². The molecule has 4 aliphatic carbocycles. The van der Waals surface area contributed by atoms with Gasteiger partial charge in [-0.25, -0.2) is 4.98 Å². The van der Waals surface area contributed by atoms with Gasteiger partial charge in [-0.3, -0.25) is 9.48 Å². The Hall–Kier alpha value is -1.39. The molecule has 5 heteroatoms. The van der Waals surface area contributed by atoms with Crippen molar-refractivity contribution >= 4 is 5.97 Å². The Kier molecular flexibility index (Phi) is 2.51. The lowest BCUT2D eigenvalue weighted by Crippen LogP contribution is -2.49. The quantitative estimate of drug-likeness (QED) is 0.915. The number of hydrogen-bond donors (Lipinski definition) is 1. The van der Waals surface area contributed by atoms with Crippen molar-refractivity contribution in [3.8, 4) is 0 Å². The van der Waals surface area contributed by atoms with Crippen molar-refractivity contribution in [3.05, 3.63) is 11.6 Å². The molecule has 0 unspecified atom stereocenters. The van der Waals surface area contributed by atoms with Crippen molar-refractivity contribution in [3.63, 3.8) is 0 Å². The van der Waals surface area contributed by atoms with Gasteiger partial charge >= 0.3 is 5.97 Å². The number of rotatable bonds is 3. The highest BCUT2D eigenvalue weighted by molar-refractivity contribution is 5.68. The van der Waals surface area contributed by atoms with Gasteiger partial charge in [0.25, 0.3) is 0 Å². The first-order chi connectivity index (χ1) is 9.54. The second-order valence-electron chi connectivity index (χ2n) is 7.24. The fourth-order valence-corrected chi connectivity index (χ4v) is 5.49. The zero-order chi connectivity index (χ0) is 13.9. The van der Waals surface area contributed by atoms with Crippen LogP contribution in [-0.2, 0) is 23.7 Å². The van der Waals surface area contributed by atoms with Crippen LogP contribution in [0.3, 0.4) is 0 Å². The second kappa shape index (κ2) is 4.06. The van der Waals surface area contributed by atoms with Crippen LogP contribution in [0.1, 0.15) is 50.2 Å². The van der Waals surface area contributed by atoms with E-state index < -0.39 is 5.97 Å². The molecule has 1 heterocycles. The molecule has 108 valence electrons. The second-order valence-corrected chi connectivity index (χ2v) is 7.24. The van der Waals surface area contributed by atoms with Crippen molar-refractivity contribution < 1.29 is 9.90 Å². The molecule has 1 aromatic rings. The third kappa shape index (κ3) is 1.79. The average Bonchev–Trinajstić information content (AvgIpc) is 2.68. The van der Waals surface area contributed by atoms with E-state index >= 15 is 0 Å². The number of aromatic nitrogens is 3. The van der Waals surface area contributed by atoms with Crippen LogP contribution in [0.4, 0.5) is 0 Å². The van der Waals surface area contributed by atoms with E-state index in [0.29, 0.717) is 5.82 Å². The van der Waals surface area contributed by atoms with Gasteiger partial charge in [0.05, 0.1) is 0 Å². The summed E-state index contributed by atoms with van der Waals surface area (Å²) in [5.41, 5.74) is 0.188. The fraction of sp³-hybridized carbons (Fsp3) is 0.800. The predicted molar refractivity (Wildman–Crippen MR) is 72.2 cm³/mol. The molecule has 0 spiro atoms. The molecule has 0 aliphatic heterocycles. The van der Waals surface area contributed by atoms with E-state index in [1.54, 1.807) is 0 Å². The van der Waals surface area contributed by atoms with E-state index in [9.17, 15) is 4.79 Å². The number of aliphatic carboxylic acids is 1. The van der Waals surface area contributed by atoms with Gasteiger partial charge in [0.15, 0.2) is 5.82 Å². The highest BCUT2D eigenvalue weighted by Crippen LogP contribution is 2.60. The molecule has 1 aromatic heterocycles. The minimum atomic E-state index is -0.854. The fourth-order valence-electron chi connectivity index (χ4n) is 5.49. The predicted octanol–water partition coefficient (Wildman–Crippen LogP) is 1.91. The van der Waals surface area contributed by atoms with Gasteiger partial charge in [-0.15, -0.1) is 0 Å². The van der Waals surface area contributed by atoms with Crippen molar-refractivity contribution in [2.45, 2.75) is 50.4 Å². The Morgan fingerprint density at radius 3 is 2.30 bits per heavy atom. The standard InChI is InChI=1S/C15H21N3O2/c1-18-14(16-12(17-18)5-13(19)20)15-6-9-2-10(7-15)4-11(3-9)8-15/h9-11H,2-8H2,1H3,(H,19,20). The summed E-state index contributed by atoms with van der Waals surface area (Å²) in [5, 5.41) is 13.2. The highest BCUT2D eigenvalue weighted by Gasteiger charge is 2.53. The molecule has 0 radical (unpaired) electrons. The lowest BCUT2D eigenvalue weighted by atomic mass is 9.49. The van der Waals surface area contributed by atoms with E-state index in [4.69, 9.17) is 5.11 Å². The first-order valence-corrected chi connectivity index (χ1v) is 7.66. The van der Waals surface area contributed by atoms with Gasteiger partial charge in [0.1, 0.15) is 12.2 Å². The van der Waals surface area contributed by atoms with E-state index in [-0.39, 0.29) is 11.8 Å². The summed E-state index contributed by atoms with van der Waals surface area (Å²) in [5.74, 6) is 3.24. The van der Waals surface area contributed by atoms with Gasteiger partial charge in [0, 0.05) is 12.5 Å². The summed E-state index contributed by atoms with van der Waals surface area (Å²) in [6, 6.07) is 0. The molecular weight excluding hydrogens is 254 g/mol. The van der Waals surface area contributed by atoms with Gasteiger partial charge in [-0.05, 0) is 56.3 Å². The summed E-state index contributed by atoms with van der Waals surface area (Å²) >= 11 is 0. The third-order valence-corrected chi connectivity index (χ3v) is 5.63. The molecule has 4 aliphatic rings. The van der Waals surface area contributed by atoms with Crippen LogP contribution < -0.4 is 0 Å². The van der Waals surface area contributed by atoms with Crippen molar-refractivity contribution in [1.82, 2.24) is 14.8 Å². The maximum atomic E-state index is 10.8. The van der Waals surface area contributed by atoms with Crippen LogP contribution in [0.25, 0.3) is 0 Å². The average molecular weight is 275 g/mol. The van der Waals surface area contributed by atoms with Crippen molar-refractivity contribution in [2.24, 2.45) is 24.8 Å². The Labute approximate surface area is 118 Å². The summed E-state index contributed by atoms with van der Waals surface area (Å²) in [4.78, 5) is 15.5.